The van der Waals surface area contributed by atoms with Gasteiger partial charge in [-0.05, 0) is 42.0 Å². The molecule has 5 N–H and O–H groups in total. The highest BCUT2D eigenvalue weighted by Gasteiger charge is 2.42. The minimum Gasteiger partial charge on any atom is -0.447 e. The number of aliphatic imine (C=N–C) groups is 1. The van der Waals surface area contributed by atoms with Gasteiger partial charge in [-0.3, -0.25) is 0 Å². The molecule has 0 aliphatic carbocycles. The van der Waals surface area contributed by atoms with Crippen molar-refractivity contribution in [1.82, 2.24) is 5.32 Å². The fourth-order valence-electron chi connectivity index (χ4n) is 3.30. The van der Waals surface area contributed by atoms with E-state index < -0.39 is 19.5 Å². The first-order valence-electron chi connectivity index (χ1n) is 12.2. The highest BCUT2D eigenvalue weighted by molar-refractivity contribution is 7.55. The number of carbonyl (C=O) groups is 1. The molecule has 0 bridgehead atoms. The van der Waals surface area contributed by atoms with E-state index in [9.17, 15) is 9.36 Å². The molecule has 0 aliphatic heterocycles. The van der Waals surface area contributed by atoms with Crippen molar-refractivity contribution >= 4 is 25.3 Å². The van der Waals surface area contributed by atoms with Gasteiger partial charge in [0.25, 0.3) is 0 Å². The first-order chi connectivity index (χ1) is 19.4. The second-order valence-electron chi connectivity index (χ2n) is 8.03. The van der Waals surface area contributed by atoms with Gasteiger partial charge >= 0.3 is 13.7 Å². The van der Waals surface area contributed by atoms with Crippen molar-refractivity contribution in [1.29, 1.82) is 0 Å². The standard InChI is InChI=1S/C28H31N4O7P/c1-2-17-35-18-19-36-20-21-37-28(33)32-26(22-13-15-23(16-14-22)31-27(29)30)40(34,38-24-9-5-3-6-10-24)39-25-11-7-4-8-12-25/h1,3-16,26H,17-21H2,(H,32,33)(H4,29,30,31). The predicted octanol–water partition coefficient (Wildman–Crippen LogP) is 4.33. The minimum absolute atomic E-state index is 0.0689. The molecule has 0 saturated carbocycles. The highest BCUT2D eigenvalue weighted by Crippen LogP contribution is 2.59. The lowest BCUT2D eigenvalue weighted by Gasteiger charge is -2.28. The maximum atomic E-state index is 14.5. The molecule has 0 aromatic heterocycles. The molecule has 11 nitrogen and oxygen atoms in total. The monoisotopic (exact) mass is 566 g/mol. The highest BCUT2D eigenvalue weighted by atomic mass is 31.2. The Morgan fingerprint density at radius 2 is 1.40 bits per heavy atom. The second kappa shape index (κ2) is 15.8. The lowest BCUT2D eigenvalue weighted by molar-refractivity contribution is 0.0357. The summed E-state index contributed by atoms with van der Waals surface area (Å²) in [6, 6.07) is 23.4. The minimum atomic E-state index is -4.21. The number of terminal acetylenes is 1. The molecule has 3 aromatic carbocycles. The molecule has 210 valence electrons. The van der Waals surface area contributed by atoms with Crippen LogP contribution in [0.1, 0.15) is 11.3 Å². The number of rotatable bonds is 15. The lowest BCUT2D eigenvalue weighted by atomic mass is 10.2. The van der Waals surface area contributed by atoms with Gasteiger partial charge in [0.2, 0.25) is 0 Å². The zero-order chi connectivity index (χ0) is 28.6. The summed E-state index contributed by atoms with van der Waals surface area (Å²) < 4.78 is 42.1. The van der Waals surface area contributed by atoms with Crippen molar-refractivity contribution in [2.75, 3.05) is 33.0 Å². The van der Waals surface area contributed by atoms with E-state index in [1.54, 1.807) is 84.9 Å². The summed E-state index contributed by atoms with van der Waals surface area (Å²) in [5.74, 6) is 1.50. The van der Waals surface area contributed by atoms with E-state index in [2.05, 4.69) is 16.2 Å². The topological polar surface area (TPSA) is 157 Å². The second-order valence-corrected chi connectivity index (χ2v) is 9.99. The first-order valence-corrected chi connectivity index (χ1v) is 13.8. The van der Waals surface area contributed by atoms with Gasteiger partial charge in [-0.25, -0.2) is 14.4 Å². The van der Waals surface area contributed by atoms with Gasteiger partial charge in [-0.2, -0.15) is 0 Å². The Morgan fingerprint density at radius 3 is 1.95 bits per heavy atom. The molecular formula is C28H31N4O7P. The molecule has 0 spiro atoms. The quantitative estimate of drug-likeness (QED) is 0.0801. The number of nitrogens with one attached hydrogen (secondary N) is 1. The van der Waals surface area contributed by atoms with Gasteiger partial charge in [0.05, 0.1) is 25.5 Å². The maximum Gasteiger partial charge on any atom is 0.457 e. The molecule has 1 amide bonds. The van der Waals surface area contributed by atoms with E-state index in [-0.39, 0.29) is 43.9 Å². The number of amides is 1. The number of carbonyl (C=O) groups excluding carboxylic acids is 1. The molecular weight excluding hydrogens is 535 g/mol. The molecule has 3 rings (SSSR count). The van der Waals surface area contributed by atoms with Gasteiger partial charge in [-0.1, -0.05) is 54.5 Å². The van der Waals surface area contributed by atoms with Crippen LogP contribution in [0.2, 0.25) is 0 Å². The summed E-state index contributed by atoms with van der Waals surface area (Å²) in [7, 11) is -4.21. The zero-order valence-corrected chi connectivity index (χ0v) is 22.6. The summed E-state index contributed by atoms with van der Waals surface area (Å²) >= 11 is 0. The fraction of sp³-hybridized carbons (Fsp3) is 0.214. The summed E-state index contributed by atoms with van der Waals surface area (Å²) in [5, 5.41) is 2.63. The number of hydrogen-bond donors (Lipinski definition) is 3. The number of benzene rings is 3. The summed E-state index contributed by atoms with van der Waals surface area (Å²) in [6.07, 6.45) is 4.25. The Hall–Kier alpha value is -4.49. The largest absolute Gasteiger partial charge is 0.457 e. The van der Waals surface area contributed by atoms with Gasteiger partial charge < -0.3 is 40.0 Å². The van der Waals surface area contributed by atoms with E-state index >= 15 is 0 Å². The van der Waals surface area contributed by atoms with Crippen LogP contribution >= 0.6 is 7.60 Å². The zero-order valence-electron chi connectivity index (χ0n) is 21.7. The van der Waals surface area contributed by atoms with Crippen molar-refractivity contribution in [2.45, 2.75) is 5.78 Å². The van der Waals surface area contributed by atoms with Crippen LogP contribution in [-0.4, -0.2) is 45.1 Å². The predicted molar refractivity (Wildman–Crippen MR) is 151 cm³/mol. The number of alkyl carbamates (subject to hydrolysis) is 1. The van der Waals surface area contributed by atoms with Crippen LogP contribution in [0.25, 0.3) is 0 Å². The van der Waals surface area contributed by atoms with Crippen molar-refractivity contribution in [3.63, 3.8) is 0 Å². The van der Waals surface area contributed by atoms with E-state index in [4.69, 9.17) is 41.1 Å². The van der Waals surface area contributed by atoms with Crippen LogP contribution < -0.4 is 25.8 Å². The Labute approximate surface area is 233 Å². The van der Waals surface area contributed by atoms with Crippen LogP contribution in [0.5, 0.6) is 11.5 Å². The van der Waals surface area contributed by atoms with Gasteiger partial charge in [0, 0.05) is 0 Å². The van der Waals surface area contributed by atoms with Gasteiger partial charge in [-0.15, -0.1) is 6.42 Å². The number of para-hydroxylation sites is 2. The molecule has 1 unspecified atom stereocenters. The van der Waals surface area contributed by atoms with E-state index in [1.165, 1.54) is 0 Å². The van der Waals surface area contributed by atoms with Gasteiger partial charge in [0.15, 0.2) is 11.7 Å². The smallest absolute Gasteiger partial charge is 0.447 e. The summed E-state index contributed by atoms with van der Waals surface area (Å²) in [4.78, 5) is 16.8. The van der Waals surface area contributed by atoms with Crippen LogP contribution in [0.15, 0.2) is 89.9 Å². The average Bonchev–Trinajstić information content (AvgIpc) is 2.94. The Kier molecular flexibility index (Phi) is 11.9. The Morgan fingerprint density at radius 1 is 0.850 bits per heavy atom. The molecule has 12 heteroatoms. The molecule has 0 aliphatic rings. The van der Waals surface area contributed by atoms with Crippen LogP contribution in [0.4, 0.5) is 10.5 Å². The fourth-order valence-corrected chi connectivity index (χ4v) is 5.18. The molecule has 0 heterocycles. The van der Waals surface area contributed by atoms with Crippen molar-refractivity contribution in [3.8, 4) is 23.8 Å². The van der Waals surface area contributed by atoms with Crippen LogP contribution in [0.3, 0.4) is 0 Å². The third-order valence-electron chi connectivity index (χ3n) is 5.01. The third kappa shape index (κ3) is 10.0. The molecule has 0 fully saturated rings. The van der Waals surface area contributed by atoms with Crippen molar-refractivity contribution in [2.24, 2.45) is 16.5 Å². The average molecular weight is 567 g/mol. The number of nitrogens with zero attached hydrogens (tertiary/aromatic N) is 1. The van der Waals surface area contributed by atoms with Gasteiger partial charge in [0.1, 0.15) is 24.7 Å². The normalized spacial score (nSPS) is 11.5. The van der Waals surface area contributed by atoms with E-state index in [0.29, 0.717) is 17.9 Å². The number of nitrogens with two attached hydrogens (primary N) is 2. The van der Waals surface area contributed by atoms with Crippen molar-refractivity contribution < 1.29 is 32.6 Å². The summed E-state index contributed by atoms with van der Waals surface area (Å²) in [6.45, 7) is 0.824. The van der Waals surface area contributed by atoms with Crippen molar-refractivity contribution in [3.05, 3.63) is 90.5 Å². The molecule has 40 heavy (non-hydrogen) atoms. The summed E-state index contributed by atoms with van der Waals surface area (Å²) in [5.41, 5.74) is 11.8. The molecule has 3 aromatic rings. The number of guanidine groups is 1. The van der Waals surface area contributed by atoms with E-state index in [1.807, 2.05) is 0 Å². The molecule has 0 saturated heterocycles. The third-order valence-corrected chi connectivity index (χ3v) is 7.00. The van der Waals surface area contributed by atoms with E-state index in [0.717, 1.165) is 0 Å². The Balaban J connectivity index is 1.84. The van der Waals surface area contributed by atoms with Crippen LogP contribution in [-0.2, 0) is 18.8 Å². The SMILES string of the molecule is C#CCOCCOCCOC(=O)NC(c1ccc(N=C(N)N)cc1)P(=O)(Oc1ccccc1)Oc1ccccc1. The molecule has 1 atom stereocenters. The number of hydrogen-bond acceptors (Lipinski definition) is 8. The van der Waals surface area contributed by atoms with Crippen LogP contribution in [0, 0.1) is 12.3 Å². The maximum absolute atomic E-state index is 14.5. The Bertz CT molecular complexity index is 1270. The molecule has 0 radical (unpaired) electrons. The first kappa shape index (κ1) is 30.1. The lowest BCUT2D eigenvalue weighted by Crippen LogP contribution is -2.32. The number of ether oxygens (including phenoxy) is 3.